The lowest BCUT2D eigenvalue weighted by molar-refractivity contribution is -0.140. The third-order valence-corrected chi connectivity index (χ3v) is 6.14. The second-order valence-corrected chi connectivity index (χ2v) is 8.90. The Kier molecular flexibility index (Phi) is 7.89. The first-order valence-electron chi connectivity index (χ1n) is 10.4. The molecule has 3 heterocycles. The zero-order valence-electron chi connectivity index (χ0n) is 18.6. The summed E-state index contributed by atoms with van der Waals surface area (Å²) in [5, 5.41) is 2.27. The van der Waals surface area contributed by atoms with Crippen molar-refractivity contribution in [3.8, 4) is 0 Å². The van der Waals surface area contributed by atoms with Gasteiger partial charge in [-0.3, -0.25) is 14.4 Å². The summed E-state index contributed by atoms with van der Waals surface area (Å²) in [4.78, 5) is 26.9. The predicted octanol–water partition coefficient (Wildman–Crippen LogP) is 0.838. The van der Waals surface area contributed by atoms with Crippen LogP contribution in [0.1, 0.15) is 28.8 Å². The van der Waals surface area contributed by atoms with Gasteiger partial charge in [0.05, 0.1) is 11.4 Å². The van der Waals surface area contributed by atoms with Crippen LogP contribution in [-0.2, 0) is 22.9 Å². The monoisotopic (exact) mass is 502 g/mol. The first-order chi connectivity index (χ1) is 16.0. The molecule has 0 unspecified atom stereocenters. The maximum absolute atomic E-state index is 13.6. The number of pyridine rings is 1. The third kappa shape index (κ3) is 6.51. The van der Waals surface area contributed by atoms with Crippen molar-refractivity contribution in [2.24, 2.45) is 0 Å². The molecule has 34 heavy (non-hydrogen) atoms. The average molecular weight is 503 g/mol. The molecule has 11 nitrogen and oxygen atoms in total. The van der Waals surface area contributed by atoms with Gasteiger partial charge in [-0.15, -0.1) is 0 Å². The number of piperazine rings is 1. The smallest absolute Gasteiger partial charge is 0.367 e. The minimum atomic E-state index is -4.71. The lowest BCUT2D eigenvalue weighted by Crippen LogP contribution is -2.46. The maximum Gasteiger partial charge on any atom is 0.435 e. The van der Waals surface area contributed by atoms with E-state index in [0.29, 0.717) is 38.4 Å². The molecule has 3 rings (SSSR count). The van der Waals surface area contributed by atoms with Crippen LogP contribution in [0.4, 0.5) is 24.7 Å². The van der Waals surface area contributed by atoms with Gasteiger partial charge in [0.25, 0.3) is 16.1 Å². The Morgan fingerprint density at radius 3 is 2.47 bits per heavy atom. The molecular formula is C19H25F3N8O3S. The quantitative estimate of drug-likeness (QED) is 0.484. The standard InChI is InChI=1S/C19H25F3N8O3S/c1-3-26-34(32,33)28-16-10-13(24-12-25-16)11-29-6-8-30(9-7-29)15-5-4-14(18(31)23-2)27-17(15)19(20,21)22/h4-5,10,12,26H,3,6-9,11H2,1-2H3,(H,23,31)(H,24,25,28). The second-order valence-electron chi connectivity index (χ2n) is 7.40. The molecule has 0 aromatic carbocycles. The number of carbonyl (C=O) groups excluding carboxylic acids is 1. The van der Waals surface area contributed by atoms with Gasteiger partial charge in [-0.2, -0.15) is 26.3 Å². The molecule has 0 aliphatic carbocycles. The van der Waals surface area contributed by atoms with E-state index in [1.807, 2.05) is 4.90 Å². The highest BCUT2D eigenvalue weighted by atomic mass is 32.2. The summed E-state index contributed by atoms with van der Waals surface area (Å²) in [6.45, 7) is 3.72. The topological polar surface area (TPSA) is 132 Å². The van der Waals surface area contributed by atoms with Crippen molar-refractivity contribution in [3.63, 3.8) is 0 Å². The van der Waals surface area contributed by atoms with E-state index in [4.69, 9.17) is 0 Å². The first-order valence-corrected chi connectivity index (χ1v) is 11.9. The first kappa shape index (κ1) is 25.6. The summed E-state index contributed by atoms with van der Waals surface area (Å²) in [6, 6.07) is 4.04. The van der Waals surface area contributed by atoms with Crippen LogP contribution < -0.4 is 19.7 Å². The molecule has 1 aliphatic heterocycles. The van der Waals surface area contributed by atoms with Gasteiger partial charge >= 0.3 is 6.18 Å². The Morgan fingerprint density at radius 2 is 1.85 bits per heavy atom. The highest BCUT2D eigenvalue weighted by Gasteiger charge is 2.38. The van der Waals surface area contributed by atoms with Crippen LogP contribution in [-0.4, -0.2) is 73.9 Å². The molecular weight excluding hydrogens is 477 g/mol. The van der Waals surface area contributed by atoms with E-state index in [9.17, 15) is 26.4 Å². The average Bonchev–Trinajstić information content (AvgIpc) is 2.78. The van der Waals surface area contributed by atoms with Gasteiger partial charge in [0.15, 0.2) is 5.69 Å². The zero-order valence-corrected chi connectivity index (χ0v) is 19.4. The minimum Gasteiger partial charge on any atom is -0.367 e. The molecule has 1 fully saturated rings. The highest BCUT2D eigenvalue weighted by Crippen LogP contribution is 2.35. The number of carbonyl (C=O) groups is 1. The fourth-order valence-electron chi connectivity index (χ4n) is 3.45. The van der Waals surface area contributed by atoms with Crippen LogP contribution in [0.2, 0.25) is 0 Å². The fourth-order valence-corrected chi connectivity index (χ4v) is 4.29. The molecule has 3 N–H and O–H groups in total. The molecule has 0 spiro atoms. The summed E-state index contributed by atoms with van der Waals surface area (Å²) in [7, 11) is -2.41. The number of rotatable bonds is 8. The summed E-state index contributed by atoms with van der Waals surface area (Å²) in [5.74, 6) is -0.583. The summed E-state index contributed by atoms with van der Waals surface area (Å²) in [5.41, 5.74) is -0.927. The Labute approximate surface area is 195 Å². The van der Waals surface area contributed by atoms with E-state index in [0.717, 1.165) is 0 Å². The normalized spacial score (nSPS) is 15.3. The van der Waals surface area contributed by atoms with Crippen molar-refractivity contribution in [1.82, 2.24) is 29.9 Å². The molecule has 0 bridgehead atoms. The SMILES string of the molecule is CCNS(=O)(=O)Nc1cc(CN2CCN(c3ccc(C(=O)NC)nc3C(F)(F)F)CC2)ncn1. The number of hydrogen-bond acceptors (Lipinski definition) is 8. The van der Waals surface area contributed by atoms with Gasteiger partial charge < -0.3 is 10.2 Å². The summed E-state index contributed by atoms with van der Waals surface area (Å²) >= 11 is 0. The molecule has 1 aliphatic rings. The molecule has 0 radical (unpaired) electrons. The Bertz CT molecular complexity index is 1120. The van der Waals surface area contributed by atoms with Crippen LogP contribution in [0, 0.1) is 0 Å². The van der Waals surface area contributed by atoms with Crippen LogP contribution in [0.25, 0.3) is 0 Å². The minimum absolute atomic E-state index is 0.0815. The second kappa shape index (κ2) is 10.5. The Balaban J connectivity index is 1.67. The van der Waals surface area contributed by atoms with E-state index >= 15 is 0 Å². The van der Waals surface area contributed by atoms with Crippen molar-refractivity contribution in [2.75, 3.05) is 49.4 Å². The molecule has 15 heteroatoms. The molecule has 2 aromatic heterocycles. The number of hydrogen-bond donors (Lipinski definition) is 3. The number of nitrogens with zero attached hydrogens (tertiary/aromatic N) is 5. The summed E-state index contributed by atoms with van der Waals surface area (Å²) in [6.07, 6.45) is -3.47. The van der Waals surface area contributed by atoms with E-state index in [1.54, 1.807) is 11.8 Å². The molecule has 2 aromatic rings. The Morgan fingerprint density at radius 1 is 1.15 bits per heavy atom. The number of halogens is 3. The van der Waals surface area contributed by atoms with E-state index in [-0.39, 0.29) is 23.7 Å². The van der Waals surface area contributed by atoms with Crippen molar-refractivity contribution in [1.29, 1.82) is 0 Å². The molecule has 0 saturated carbocycles. The molecule has 1 saturated heterocycles. The van der Waals surface area contributed by atoms with Crippen molar-refractivity contribution >= 4 is 27.6 Å². The van der Waals surface area contributed by atoms with Crippen LogP contribution in [0.3, 0.4) is 0 Å². The van der Waals surface area contributed by atoms with E-state index in [2.05, 4.69) is 29.7 Å². The van der Waals surface area contributed by atoms with Crippen molar-refractivity contribution in [3.05, 3.63) is 41.6 Å². The van der Waals surface area contributed by atoms with Crippen molar-refractivity contribution < 1.29 is 26.4 Å². The van der Waals surface area contributed by atoms with Gasteiger partial charge in [-0.25, -0.2) is 15.0 Å². The van der Waals surface area contributed by atoms with Gasteiger partial charge in [-0.1, -0.05) is 6.92 Å². The number of nitrogens with one attached hydrogen (secondary N) is 3. The number of alkyl halides is 3. The van der Waals surface area contributed by atoms with Gasteiger partial charge in [0.2, 0.25) is 0 Å². The largest absolute Gasteiger partial charge is 0.435 e. The number of anilines is 2. The molecule has 186 valence electrons. The maximum atomic E-state index is 13.6. The Hall–Kier alpha value is -3.04. The van der Waals surface area contributed by atoms with Gasteiger partial charge in [0, 0.05) is 52.4 Å². The third-order valence-electron chi connectivity index (χ3n) is 5.00. The van der Waals surface area contributed by atoms with Crippen LogP contribution >= 0.6 is 0 Å². The lowest BCUT2D eigenvalue weighted by Gasteiger charge is -2.36. The number of amides is 1. The summed E-state index contributed by atoms with van der Waals surface area (Å²) < 4.78 is 69.1. The molecule has 0 atom stereocenters. The van der Waals surface area contributed by atoms with Gasteiger partial charge in [-0.05, 0) is 12.1 Å². The predicted molar refractivity (Wildman–Crippen MR) is 118 cm³/mol. The van der Waals surface area contributed by atoms with Crippen LogP contribution in [0.15, 0.2) is 24.5 Å². The fraction of sp³-hybridized carbons (Fsp3) is 0.474. The molecule has 1 amide bonds. The van der Waals surface area contributed by atoms with Crippen molar-refractivity contribution in [2.45, 2.75) is 19.6 Å². The number of aromatic nitrogens is 3. The van der Waals surface area contributed by atoms with Gasteiger partial charge in [0.1, 0.15) is 17.8 Å². The lowest BCUT2D eigenvalue weighted by atomic mass is 10.2. The zero-order chi connectivity index (χ0) is 24.9. The van der Waals surface area contributed by atoms with E-state index < -0.39 is 28.0 Å². The highest BCUT2D eigenvalue weighted by molar-refractivity contribution is 7.90. The van der Waals surface area contributed by atoms with E-state index in [1.165, 1.54) is 31.6 Å². The van der Waals surface area contributed by atoms with Crippen LogP contribution in [0.5, 0.6) is 0 Å².